The average Bonchev–Trinajstić information content (AvgIpc) is 2.79. The molecule has 1 aliphatic heterocycles. The molecule has 0 spiro atoms. The fourth-order valence-electron chi connectivity index (χ4n) is 3.38. The second kappa shape index (κ2) is 13.8. The van der Waals surface area contributed by atoms with E-state index in [1.54, 1.807) is 25.3 Å². The van der Waals surface area contributed by atoms with E-state index < -0.39 is 22.0 Å². The number of likely N-dealkylation sites (tertiary alicyclic amines) is 1. The Morgan fingerprint density at radius 1 is 1.21 bits per heavy atom. The molecule has 1 aliphatic rings. The molecular weight excluding hydrogens is 464 g/mol. The number of hydrogen-bond acceptors (Lipinski definition) is 7. The molecule has 34 heavy (non-hydrogen) atoms. The number of nitrogens with zero attached hydrogens (tertiary/aromatic N) is 1. The molecule has 0 atom stereocenters. The first-order valence-corrected chi connectivity index (χ1v) is 13.0. The Morgan fingerprint density at radius 3 is 2.59 bits per heavy atom. The monoisotopic (exact) mass is 498 g/mol. The predicted octanol–water partition coefficient (Wildman–Crippen LogP) is 2.88. The molecule has 1 heterocycles. The second-order valence-corrected chi connectivity index (χ2v) is 9.80. The Bertz CT molecular complexity index is 940. The van der Waals surface area contributed by atoms with Gasteiger partial charge in [0.25, 0.3) is 5.91 Å². The Balaban J connectivity index is 2.10. The first kappa shape index (κ1) is 27.5. The van der Waals surface area contributed by atoms with Crippen LogP contribution in [0.4, 0.5) is 4.79 Å². The molecule has 10 nitrogen and oxygen atoms in total. The molecule has 0 radical (unpaired) electrons. The van der Waals surface area contributed by atoms with E-state index in [-0.39, 0.29) is 11.9 Å². The van der Waals surface area contributed by atoms with Crippen LogP contribution in [0.15, 0.2) is 24.3 Å². The number of amides is 2. The molecule has 0 bridgehead atoms. The summed E-state index contributed by atoms with van der Waals surface area (Å²) in [5.41, 5.74) is 0.568. The topological polar surface area (TPSA) is 131 Å². The molecule has 0 aliphatic carbocycles. The highest BCUT2D eigenvalue weighted by Crippen LogP contribution is 2.29. The second-order valence-electron chi connectivity index (χ2n) is 7.95. The summed E-state index contributed by atoms with van der Waals surface area (Å²) in [6.07, 6.45) is 4.68. The van der Waals surface area contributed by atoms with Gasteiger partial charge in [-0.15, -0.1) is 0 Å². The number of nitrogens with one attached hydrogen (secondary N) is 1. The van der Waals surface area contributed by atoms with Gasteiger partial charge in [-0.3, -0.25) is 4.79 Å². The number of ether oxygens (including phenoxy) is 3. The van der Waals surface area contributed by atoms with Crippen LogP contribution in [-0.2, 0) is 19.6 Å². The molecule has 190 valence electrons. The van der Waals surface area contributed by atoms with Gasteiger partial charge in [0.1, 0.15) is 24.2 Å². The third-order valence-corrected chi connectivity index (χ3v) is 6.57. The third kappa shape index (κ3) is 9.60. The quantitative estimate of drug-likeness (QED) is 0.313. The lowest BCUT2D eigenvalue weighted by atomic mass is 10.1. The number of benzene rings is 1. The number of rotatable bonds is 13. The van der Waals surface area contributed by atoms with Crippen LogP contribution in [0.25, 0.3) is 6.08 Å². The minimum atomic E-state index is -3.69. The first-order valence-electron chi connectivity index (χ1n) is 11.4. The highest BCUT2D eigenvalue weighted by atomic mass is 32.2. The smallest absolute Gasteiger partial charge is 0.407 e. The Morgan fingerprint density at radius 2 is 1.94 bits per heavy atom. The zero-order valence-electron chi connectivity index (χ0n) is 19.7. The van der Waals surface area contributed by atoms with E-state index in [1.807, 2.05) is 6.92 Å². The van der Waals surface area contributed by atoms with Crippen LogP contribution in [0.1, 0.15) is 44.6 Å². The minimum absolute atomic E-state index is 0.0999. The summed E-state index contributed by atoms with van der Waals surface area (Å²) in [6.45, 7) is 3.47. The van der Waals surface area contributed by atoms with Crippen molar-refractivity contribution in [2.45, 2.75) is 45.1 Å². The van der Waals surface area contributed by atoms with E-state index in [9.17, 15) is 18.0 Å². The van der Waals surface area contributed by atoms with Gasteiger partial charge in [-0.1, -0.05) is 19.8 Å². The molecule has 0 unspecified atom stereocenters. The standard InChI is InChI=1S/C23H34N2O8S/c1-3-4-5-16-34(29,30)24-22(26)9-7-18-6-8-20(32-15-14-31-2)17-21(18)33-19-10-12-25(13-11-19)23(27)28/h6-9,17,19H,3-5,10-16H2,1-2H3,(H,24,26)(H,27,28)/b9-7+. The maximum absolute atomic E-state index is 12.2. The fourth-order valence-corrected chi connectivity index (χ4v) is 4.44. The molecule has 11 heteroatoms. The van der Waals surface area contributed by atoms with Crippen LogP contribution in [0.5, 0.6) is 11.5 Å². The van der Waals surface area contributed by atoms with Gasteiger partial charge in [0, 0.05) is 50.7 Å². The summed E-state index contributed by atoms with van der Waals surface area (Å²) >= 11 is 0. The number of carboxylic acid groups (broad SMARTS) is 1. The lowest BCUT2D eigenvalue weighted by Gasteiger charge is -2.30. The zero-order valence-corrected chi connectivity index (χ0v) is 20.5. The van der Waals surface area contributed by atoms with Crippen molar-refractivity contribution in [3.8, 4) is 11.5 Å². The molecule has 0 saturated carbocycles. The maximum atomic E-state index is 12.2. The van der Waals surface area contributed by atoms with Crippen LogP contribution in [0.2, 0.25) is 0 Å². The van der Waals surface area contributed by atoms with Gasteiger partial charge >= 0.3 is 6.09 Å². The number of methoxy groups -OCH3 is 1. The molecule has 1 aromatic rings. The van der Waals surface area contributed by atoms with Gasteiger partial charge in [-0.05, 0) is 24.6 Å². The van der Waals surface area contributed by atoms with Crippen molar-refractivity contribution in [3.63, 3.8) is 0 Å². The van der Waals surface area contributed by atoms with E-state index in [2.05, 4.69) is 4.72 Å². The zero-order chi connectivity index (χ0) is 25.0. The largest absolute Gasteiger partial charge is 0.491 e. The molecule has 1 fully saturated rings. The van der Waals surface area contributed by atoms with Crippen LogP contribution < -0.4 is 14.2 Å². The normalized spacial score (nSPS) is 14.8. The van der Waals surface area contributed by atoms with Gasteiger partial charge in [0.05, 0.1) is 12.4 Å². The van der Waals surface area contributed by atoms with E-state index in [1.165, 1.54) is 11.0 Å². The summed E-state index contributed by atoms with van der Waals surface area (Å²) in [6, 6.07) is 5.12. The Labute approximate surface area is 200 Å². The SMILES string of the molecule is CCCCCS(=O)(=O)NC(=O)/C=C/c1ccc(OCCOC)cc1OC1CCN(C(=O)O)CC1. The third-order valence-electron chi connectivity index (χ3n) is 5.23. The number of hydrogen-bond donors (Lipinski definition) is 2. The van der Waals surface area contributed by atoms with Crippen LogP contribution in [0.3, 0.4) is 0 Å². The van der Waals surface area contributed by atoms with Gasteiger partial charge in [-0.2, -0.15) is 0 Å². The Kier molecular flexibility index (Phi) is 11.1. The molecule has 2 amide bonds. The average molecular weight is 499 g/mol. The predicted molar refractivity (Wildman–Crippen MR) is 128 cm³/mol. The highest BCUT2D eigenvalue weighted by molar-refractivity contribution is 7.90. The van der Waals surface area contributed by atoms with E-state index >= 15 is 0 Å². The molecule has 2 rings (SSSR count). The minimum Gasteiger partial charge on any atom is -0.491 e. The van der Waals surface area contributed by atoms with Crippen molar-refractivity contribution in [1.82, 2.24) is 9.62 Å². The van der Waals surface area contributed by atoms with Crippen molar-refractivity contribution in [2.75, 3.05) is 39.2 Å². The van der Waals surface area contributed by atoms with Crippen LogP contribution in [-0.4, -0.2) is 75.7 Å². The van der Waals surface area contributed by atoms with Crippen molar-refractivity contribution in [3.05, 3.63) is 29.8 Å². The maximum Gasteiger partial charge on any atom is 0.407 e. The summed E-state index contributed by atoms with van der Waals surface area (Å²) in [5.74, 6) is 0.170. The molecule has 2 N–H and O–H groups in total. The molecule has 1 aromatic carbocycles. The number of piperidine rings is 1. The number of sulfonamides is 1. The molecule has 1 saturated heterocycles. The van der Waals surface area contributed by atoms with Crippen molar-refractivity contribution < 1.29 is 37.3 Å². The Hall–Kier alpha value is -2.79. The number of unbranched alkanes of at least 4 members (excludes halogenated alkanes) is 2. The van der Waals surface area contributed by atoms with E-state index in [4.69, 9.17) is 19.3 Å². The summed E-state index contributed by atoms with van der Waals surface area (Å²) in [5, 5.41) is 9.13. The summed E-state index contributed by atoms with van der Waals surface area (Å²) in [7, 11) is -2.11. The van der Waals surface area contributed by atoms with Gasteiger partial charge < -0.3 is 24.2 Å². The number of carbonyl (C=O) groups excluding carboxylic acids is 1. The van der Waals surface area contributed by atoms with E-state index in [0.717, 1.165) is 18.9 Å². The summed E-state index contributed by atoms with van der Waals surface area (Å²) in [4.78, 5) is 24.7. The fraction of sp³-hybridized carbons (Fsp3) is 0.565. The summed E-state index contributed by atoms with van der Waals surface area (Å²) < 4.78 is 42.9. The highest BCUT2D eigenvalue weighted by Gasteiger charge is 2.24. The molecular formula is C23H34N2O8S. The lowest BCUT2D eigenvalue weighted by molar-refractivity contribution is -0.114. The van der Waals surface area contributed by atoms with Crippen LogP contribution >= 0.6 is 0 Å². The first-order chi connectivity index (χ1) is 16.2. The van der Waals surface area contributed by atoms with E-state index in [0.29, 0.717) is 62.6 Å². The van der Waals surface area contributed by atoms with Gasteiger partial charge in [0.2, 0.25) is 10.0 Å². The van der Waals surface area contributed by atoms with Gasteiger partial charge in [-0.25, -0.2) is 17.9 Å². The van der Waals surface area contributed by atoms with Crippen molar-refractivity contribution >= 4 is 28.1 Å². The molecule has 0 aromatic heterocycles. The van der Waals surface area contributed by atoms with Crippen molar-refractivity contribution in [2.24, 2.45) is 0 Å². The van der Waals surface area contributed by atoms with Gasteiger partial charge in [0.15, 0.2) is 0 Å². The lowest BCUT2D eigenvalue weighted by Crippen LogP contribution is -2.41. The van der Waals surface area contributed by atoms with Crippen molar-refractivity contribution in [1.29, 1.82) is 0 Å². The number of carbonyl (C=O) groups is 2. The van der Waals surface area contributed by atoms with Crippen LogP contribution in [0, 0.1) is 0 Å².